The number of nitrogens with one attached hydrogen (secondary N) is 1. The maximum atomic E-state index is 12.5. The molecule has 4 rings (SSSR count). The number of rotatable bonds is 4. The molecule has 1 fully saturated rings. The smallest absolute Gasteiger partial charge is 0.251 e. The van der Waals surface area contributed by atoms with Gasteiger partial charge in [-0.1, -0.05) is 17.7 Å². The molecule has 0 aromatic heterocycles. The van der Waals surface area contributed by atoms with E-state index < -0.39 is 5.79 Å². The first-order valence-corrected chi connectivity index (χ1v) is 9.02. The Bertz CT molecular complexity index is 840. The van der Waals surface area contributed by atoms with E-state index in [1.807, 2.05) is 43.3 Å². The van der Waals surface area contributed by atoms with Gasteiger partial charge in [0.25, 0.3) is 5.79 Å². The van der Waals surface area contributed by atoms with Crippen molar-refractivity contribution in [1.82, 2.24) is 0 Å². The number of anilines is 1. The average Bonchev–Trinajstić information content (AvgIpc) is 3.20. The van der Waals surface area contributed by atoms with Crippen molar-refractivity contribution in [3.05, 3.63) is 47.5 Å². The van der Waals surface area contributed by atoms with E-state index in [1.165, 1.54) is 0 Å². The van der Waals surface area contributed by atoms with Crippen LogP contribution in [0.3, 0.4) is 0 Å². The van der Waals surface area contributed by atoms with Gasteiger partial charge in [0.15, 0.2) is 11.5 Å². The van der Waals surface area contributed by atoms with Gasteiger partial charge < -0.3 is 19.5 Å². The van der Waals surface area contributed by atoms with Gasteiger partial charge in [-0.25, -0.2) is 0 Å². The fourth-order valence-electron chi connectivity index (χ4n) is 3.71. The number of fused-ring (bicyclic) bond motifs is 1. The van der Waals surface area contributed by atoms with Crippen LogP contribution in [0, 0.1) is 6.92 Å². The molecular formula is C21H23NO4. The fourth-order valence-corrected chi connectivity index (χ4v) is 3.71. The second kappa shape index (κ2) is 6.56. The molecule has 2 aliphatic rings. The van der Waals surface area contributed by atoms with Crippen molar-refractivity contribution >= 4 is 11.6 Å². The van der Waals surface area contributed by atoms with Crippen LogP contribution >= 0.6 is 0 Å². The van der Waals surface area contributed by atoms with Crippen LogP contribution in [0.25, 0.3) is 0 Å². The third-order valence-corrected chi connectivity index (χ3v) is 4.97. The lowest BCUT2D eigenvalue weighted by Crippen LogP contribution is -2.34. The summed E-state index contributed by atoms with van der Waals surface area (Å²) >= 11 is 0. The van der Waals surface area contributed by atoms with Crippen LogP contribution in [0.5, 0.6) is 17.2 Å². The predicted molar refractivity (Wildman–Crippen MR) is 99.0 cm³/mol. The molecule has 2 aromatic rings. The van der Waals surface area contributed by atoms with Crippen LogP contribution in [0.2, 0.25) is 0 Å². The van der Waals surface area contributed by atoms with Crippen LogP contribution < -0.4 is 19.5 Å². The van der Waals surface area contributed by atoms with Crippen molar-refractivity contribution in [2.24, 2.45) is 0 Å². The lowest BCUT2D eigenvalue weighted by atomic mass is 10.1. The van der Waals surface area contributed by atoms with Gasteiger partial charge in [-0.05, 0) is 38.0 Å². The quantitative estimate of drug-likeness (QED) is 0.894. The number of aryl methyl sites for hydroxylation is 1. The summed E-state index contributed by atoms with van der Waals surface area (Å²) in [6.07, 6.45) is 4.32. The number of amides is 1. The summed E-state index contributed by atoms with van der Waals surface area (Å²) in [4.78, 5) is 12.5. The molecule has 5 heteroatoms. The second-order valence-electron chi connectivity index (χ2n) is 7.02. The van der Waals surface area contributed by atoms with Crippen molar-refractivity contribution in [3.63, 3.8) is 0 Å². The van der Waals surface area contributed by atoms with E-state index in [0.717, 1.165) is 48.3 Å². The van der Waals surface area contributed by atoms with Crippen LogP contribution in [0.1, 0.15) is 36.8 Å². The number of carbonyl (C=O) groups excluding carboxylic acids is 1. The van der Waals surface area contributed by atoms with Crippen molar-refractivity contribution in [3.8, 4) is 17.2 Å². The van der Waals surface area contributed by atoms with E-state index in [2.05, 4.69) is 5.32 Å². The first-order chi connectivity index (χ1) is 12.6. The van der Waals surface area contributed by atoms with Crippen molar-refractivity contribution in [2.75, 3.05) is 12.4 Å². The predicted octanol–water partition coefficient (Wildman–Crippen LogP) is 4.23. The van der Waals surface area contributed by atoms with E-state index in [0.29, 0.717) is 11.4 Å². The summed E-state index contributed by atoms with van der Waals surface area (Å²) in [7, 11) is 1.61. The van der Waals surface area contributed by atoms with Crippen molar-refractivity contribution in [1.29, 1.82) is 0 Å². The number of ether oxygens (including phenoxy) is 3. The third-order valence-electron chi connectivity index (χ3n) is 4.97. The van der Waals surface area contributed by atoms with E-state index in [9.17, 15) is 4.79 Å². The molecule has 1 N–H and O–H groups in total. The molecule has 5 nitrogen and oxygen atoms in total. The van der Waals surface area contributed by atoms with E-state index >= 15 is 0 Å². The highest BCUT2D eigenvalue weighted by molar-refractivity contribution is 5.93. The summed E-state index contributed by atoms with van der Waals surface area (Å²) in [5.74, 6) is 1.60. The molecule has 136 valence electrons. The first-order valence-electron chi connectivity index (χ1n) is 9.02. The minimum absolute atomic E-state index is 0.0941. The van der Waals surface area contributed by atoms with Gasteiger partial charge in [0.1, 0.15) is 5.75 Å². The Labute approximate surface area is 153 Å². The molecule has 2 aromatic carbocycles. The molecule has 1 aliphatic heterocycles. The normalized spacial score (nSPS) is 16.7. The highest BCUT2D eigenvalue weighted by Crippen LogP contribution is 2.47. The van der Waals surface area contributed by atoms with Crippen LogP contribution in [0.15, 0.2) is 36.4 Å². The van der Waals surface area contributed by atoms with Gasteiger partial charge in [-0.15, -0.1) is 0 Å². The number of hydrogen-bond acceptors (Lipinski definition) is 4. The molecular weight excluding hydrogens is 330 g/mol. The number of carbonyl (C=O) groups is 1. The molecule has 0 bridgehead atoms. The molecule has 0 saturated heterocycles. The van der Waals surface area contributed by atoms with Crippen LogP contribution in [0.4, 0.5) is 5.69 Å². The van der Waals surface area contributed by atoms with Crippen molar-refractivity contribution < 1.29 is 19.0 Å². The Kier molecular flexibility index (Phi) is 4.23. The van der Waals surface area contributed by atoms with E-state index in [-0.39, 0.29) is 12.3 Å². The summed E-state index contributed by atoms with van der Waals surface area (Å²) in [5.41, 5.74) is 2.67. The molecule has 0 radical (unpaired) electrons. The molecule has 26 heavy (non-hydrogen) atoms. The lowest BCUT2D eigenvalue weighted by Gasteiger charge is -2.21. The van der Waals surface area contributed by atoms with Crippen molar-refractivity contribution in [2.45, 2.75) is 44.8 Å². The van der Waals surface area contributed by atoms with Gasteiger partial charge in [0.05, 0.1) is 13.5 Å². The standard InChI is InChI=1S/C21H23NO4/c1-14-5-7-17(24-2)15(11-14)12-20(23)22-16-6-8-18-19(13-16)26-21(25-18)9-3-4-10-21/h5-8,11,13H,3-4,9-10,12H2,1-2H3,(H,22,23). The number of benzene rings is 2. The zero-order valence-electron chi connectivity index (χ0n) is 15.1. The molecule has 1 amide bonds. The Morgan fingerprint density at radius 3 is 2.65 bits per heavy atom. The Morgan fingerprint density at radius 2 is 1.88 bits per heavy atom. The van der Waals surface area contributed by atoms with Gasteiger partial charge in [-0.2, -0.15) is 0 Å². The van der Waals surface area contributed by atoms with Gasteiger partial charge in [0.2, 0.25) is 5.91 Å². The molecule has 1 heterocycles. The zero-order chi connectivity index (χ0) is 18.1. The largest absolute Gasteiger partial charge is 0.496 e. The van der Waals surface area contributed by atoms with Gasteiger partial charge in [-0.3, -0.25) is 4.79 Å². The third kappa shape index (κ3) is 3.21. The monoisotopic (exact) mass is 353 g/mol. The molecule has 0 atom stereocenters. The Morgan fingerprint density at radius 1 is 1.12 bits per heavy atom. The maximum Gasteiger partial charge on any atom is 0.251 e. The zero-order valence-corrected chi connectivity index (χ0v) is 15.1. The Hall–Kier alpha value is -2.69. The number of hydrogen-bond donors (Lipinski definition) is 1. The molecule has 1 saturated carbocycles. The summed E-state index contributed by atoms with van der Waals surface area (Å²) < 4.78 is 17.4. The average molecular weight is 353 g/mol. The van der Waals surface area contributed by atoms with Crippen LogP contribution in [-0.2, 0) is 11.2 Å². The SMILES string of the molecule is COc1ccc(C)cc1CC(=O)Nc1ccc2c(c1)OC1(CCCC1)O2. The summed E-state index contributed by atoms with van der Waals surface area (Å²) in [5, 5.41) is 2.94. The summed E-state index contributed by atoms with van der Waals surface area (Å²) in [6.45, 7) is 2.00. The Balaban J connectivity index is 1.46. The molecule has 0 unspecified atom stereocenters. The second-order valence-corrected chi connectivity index (χ2v) is 7.02. The first kappa shape index (κ1) is 16.8. The van der Waals surface area contributed by atoms with Gasteiger partial charge >= 0.3 is 0 Å². The molecule has 1 spiro atoms. The van der Waals surface area contributed by atoms with Crippen LogP contribution in [-0.4, -0.2) is 18.8 Å². The summed E-state index contributed by atoms with van der Waals surface area (Å²) in [6, 6.07) is 11.4. The minimum Gasteiger partial charge on any atom is -0.496 e. The number of methoxy groups -OCH3 is 1. The van der Waals surface area contributed by atoms with E-state index in [4.69, 9.17) is 14.2 Å². The lowest BCUT2D eigenvalue weighted by molar-refractivity contribution is -0.115. The highest BCUT2D eigenvalue weighted by Gasteiger charge is 2.44. The highest BCUT2D eigenvalue weighted by atomic mass is 16.7. The topological polar surface area (TPSA) is 56.8 Å². The molecule has 1 aliphatic carbocycles. The minimum atomic E-state index is -0.486. The van der Waals surface area contributed by atoms with E-state index in [1.54, 1.807) is 7.11 Å². The maximum absolute atomic E-state index is 12.5. The fraction of sp³-hybridized carbons (Fsp3) is 0.381. The van der Waals surface area contributed by atoms with Gasteiger partial charge in [0, 0.05) is 30.2 Å².